The number of likely N-dealkylation sites (tertiary alicyclic amines) is 1. The third kappa shape index (κ3) is 2.29. The summed E-state index contributed by atoms with van der Waals surface area (Å²) in [6, 6.07) is 11.2. The van der Waals surface area contributed by atoms with Gasteiger partial charge in [-0.05, 0) is 30.7 Å². The van der Waals surface area contributed by atoms with Gasteiger partial charge in [-0.2, -0.15) is 0 Å². The van der Waals surface area contributed by atoms with E-state index < -0.39 is 0 Å². The fourth-order valence-electron chi connectivity index (χ4n) is 3.53. The summed E-state index contributed by atoms with van der Waals surface area (Å²) >= 11 is 5.27. The molecule has 0 radical (unpaired) electrons. The van der Waals surface area contributed by atoms with E-state index in [-0.39, 0.29) is 5.92 Å². The highest BCUT2D eigenvalue weighted by atomic mass is 32.1. The Morgan fingerprint density at radius 2 is 2.11 bits per heavy atom. The minimum atomic E-state index is 0.209. The lowest BCUT2D eigenvalue weighted by Crippen LogP contribution is -2.38. The Labute approximate surface area is 114 Å². The zero-order valence-electron chi connectivity index (χ0n) is 10.6. The van der Waals surface area contributed by atoms with Crippen LogP contribution in [0.5, 0.6) is 0 Å². The molecule has 2 aliphatic rings. The predicted octanol–water partition coefficient (Wildman–Crippen LogP) is 2.54. The van der Waals surface area contributed by atoms with Gasteiger partial charge in [0.2, 0.25) is 0 Å². The van der Waals surface area contributed by atoms with Gasteiger partial charge in [0.1, 0.15) is 0 Å². The van der Waals surface area contributed by atoms with Crippen LogP contribution in [-0.4, -0.2) is 29.0 Å². The van der Waals surface area contributed by atoms with E-state index in [0.717, 1.165) is 18.5 Å². The van der Waals surface area contributed by atoms with Crippen molar-refractivity contribution in [3.05, 3.63) is 35.9 Å². The molecule has 1 aliphatic carbocycles. The first kappa shape index (κ1) is 12.1. The largest absolute Gasteiger partial charge is 0.393 e. The molecule has 0 spiro atoms. The average molecular weight is 260 g/mol. The topological polar surface area (TPSA) is 29.3 Å². The molecule has 3 rings (SSSR count). The standard InChI is InChI=1S/C15H20N2S/c16-15(18)14(12-4-2-1-3-5-12)10-17-9-11-6-7-13(17)8-11/h1-5,11,13-14H,6-10H2,(H2,16,18). The molecule has 1 heterocycles. The van der Waals surface area contributed by atoms with Crippen LogP contribution in [0.3, 0.4) is 0 Å². The summed E-state index contributed by atoms with van der Waals surface area (Å²) in [5.74, 6) is 1.14. The molecule has 1 aliphatic heterocycles. The van der Waals surface area contributed by atoms with E-state index in [1.165, 1.54) is 31.4 Å². The second-order valence-corrected chi connectivity index (χ2v) is 6.12. The maximum absolute atomic E-state index is 5.95. The molecule has 3 heteroatoms. The molecule has 18 heavy (non-hydrogen) atoms. The molecule has 1 aromatic carbocycles. The normalized spacial score (nSPS) is 28.4. The van der Waals surface area contributed by atoms with Crippen molar-refractivity contribution in [2.45, 2.75) is 31.2 Å². The van der Waals surface area contributed by atoms with E-state index in [2.05, 4.69) is 29.2 Å². The molecule has 1 saturated heterocycles. The van der Waals surface area contributed by atoms with Crippen LogP contribution in [0, 0.1) is 5.92 Å². The number of thiocarbonyl (C=S) groups is 1. The minimum absolute atomic E-state index is 0.209. The predicted molar refractivity (Wildman–Crippen MR) is 78.7 cm³/mol. The van der Waals surface area contributed by atoms with Crippen LogP contribution in [0.15, 0.2) is 30.3 Å². The monoisotopic (exact) mass is 260 g/mol. The van der Waals surface area contributed by atoms with Gasteiger partial charge in [0.15, 0.2) is 0 Å². The molecular formula is C15H20N2S. The maximum Gasteiger partial charge on any atom is 0.0816 e. The first-order valence-corrected chi connectivity index (χ1v) is 7.23. The fraction of sp³-hybridized carbons (Fsp3) is 0.533. The first-order valence-electron chi connectivity index (χ1n) is 6.82. The van der Waals surface area contributed by atoms with Crippen LogP contribution >= 0.6 is 12.2 Å². The molecule has 1 aromatic rings. The summed E-state index contributed by atoms with van der Waals surface area (Å²) in [5, 5.41) is 0. The van der Waals surface area contributed by atoms with E-state index in [0.29, 0.717) is 4.99 Å². The highest BCUT2D eigenvalue weighted by Crippen LogP contribution is 2.38. The number of nitrogens with zero attached hydrogens (tertiary/aromatic N) is 1. The van der Waals surface area contributed by atoms with Crippen molar-refractivity contribution in [1.29, 1.82) is 0 Å². The minimum Gasteiger partial charge on any atom is -0.393 e. The molecule has 0 aromatic heterocycles. The lowest BCUT2D eigenvalue weighted by molar-refractivity contribution is 0.212. The first-order chi connectivity index (χ1) is 8.74. The molecule has 3 atom stereocenters. The number of benzene rings is 1. The summed E-state index contributed by atoms with van der Waals surface area (Å²) < 4.78 is 0. The third-order valence-corrected chi connectivity index (χ3v) is 4.77. The van der Waals surface area contributed by atoms with Crippen LogP contribution in [0.25, 0.3) is 0 Å². The van der Waals surface area contributed by atoms with Gasteiger partial charge in [-0.15, -0.1) is 0 Å². The zero-order chi connectivity index (χ0) is 12.5. The lowest BCUT2D eigenvalue weighted by Gasteiger charge is -2.30. The summed E-state index contributed by atoms with van der Waals surface area (Å²) in [5.41, 5.74) is 7.21. The van der Waals surface area contributed by atoms with Gasteiger partial charge in [0.25, 0.3) is 0 Å². The van der Waals surface area contributed by atoms with Crippen molar-refractivity contribution >= 4 is 17.2 Å². The van der Waals surface area contributed by atoms with Gasteiger partial charge >= 0.3 is 0 Å². The van der Waals surface area contributed by atoms with E-state index in [1.54, 1.807) is 0 Å². The molecule has 96 valence electrons. The lowest BCUT2D eigenvalue weighted by atomic mass is 9.97. The molecule has 0 amide bonds. The quantitative estimate of drug-likeness (QED) is 0.844. The van der Waals surface area contributed by atoms with Gasteiger partial charge in [-0.3, -0.25) is 4.90 Å². The Balaban J connectivity index is 1.73. The SMILES string of the molecule is NC(=S)C(CN1CC2CCC1C2)c1ccccc1. The summed E-state index contributed by atoms with van der Waals surface area (Å²) in [6.07, 6.45) is 4.17. The van der Waals surface area contributed by atoms with Crippen molar-refractivity contribution in [1.82, 2.24) is 4.90 Å². The molecule has 1 saturated carbocycles. The second-order valence-electron chi connectivity index (χ2n) is 5.65. The molecular weight excluding hydrogens is 240 g/mol. The van der Waals surface area contributed by atoms with E-state index in [4.69, 9.17) is 18.0 Å². The smallest absolute Gasteiger partial charge is 0.0816 e. The Kier molecular flexibility index (Phi) is 3.35. The van der Waals surface area contributed by atoms with Gasteiger partial charge in [0, 0.05) is 25.0 Å². The Hall–Kier alpha value is -0.930. The molecule has 2 N–H and O–H groups in total. The fourth-order valence-corrected chi connectivity index (χ4v) is 3.74. The van der Waals surface area contributed by atoms with Crippen molar-refractivity contribution < 1.29 is 0 Å². The number of piperidine rings is 1. The molecule has 2 nitrogen and oxygen atoms in total. The second kappa shape index (κ2) is 4.98. The van der Waals surface area contributed by atoms with Crippen LogP contribution in [0.2, 0.25) is 0 Å². The summed E-state index contributed by atoms with van der Waals surface area (Å²) in [6.45, 7) is 2.25. The van der Waals surface area contributed by atoms with Crippen LogP contribution in [0.4, 0.5) is 0 Å². The molecule has 2 fully saturated rings. The average Bonchev–Trinajstić information content (AvgIpc) is 2.98. The Morgan fingerprint density at radius 3 is 2.67 bits per heavy atom. The van der Waals surface area contributed by atoms with Gasteiger partial charge in [-0.25, -0.2) is 0 Å². The van der Waals surface area contributed by atoms with Crippen molar-refractivity contribution in [3.63, 3.8) is 0 Å². The van der Waals surface area contributed by atoms with Crippen molar-refractivity contribution in [2.24, 2.45) is 11.7 Å². The molecule has 2 bridgehead atoms. The summed E-state index contributed by atoms with van der Waals surface area (Å²) in [4.78, 5) is 3.23. The Bertz CT molecular complexity index is 431. The van der Waals surface area contributed by atoms with Crippen LogP contribution in [0.1, 0.15) is 30.7 Å². The van der Waals surface area contributed by atoms with Crippen molar-refractivity contribution in [3.8, 4) is 0 Å². The number of rotatable bonds is 4. The maximum atomic E-state index is 5.95. The van der Waals surface area contributed by atoms with Crippen LogP contribution in [-0.2, 0) is 0 Å². The van der Waals surface area contributed by atoms with Crippen molar-refractivity contribution in [2.75, 3.05) is 13.1 Å². The van der Waals surface area contributed by atoms with E-state index >= 15 is 0 Å². The van der Waals surface area contributed by atoms with E-state index in [1.807, 2.05) is 6.07 Å². The zero-order valence-corrected chi connectivity index (χ0v) is 11.4. The van der Waals surface area contributed by atoms with Crippen LogP contribution < -0.4 is 5.73 Å². The highest BCUT2D eigenvalue weighted by Gasteiger charge is 2.38. The third-order valence-electron chi connectivity index (χ3n) is 4.49. The number of hydrogen-bond acceptors (Lipinski definition) is 2. The highest BCUT2D eigenvalue weighted by molar-refractivity contribution is 7.80. The molecule has 3 unspecified atom stereocenters. The van der Waals surface area contributed by atoms with Gasteiger partial charge in [0.05, 0.1) is 4.99 Å². The number of hydrogen-bond donors (Lipinski definition) is 1. The van der Waals surface area contributed by atoms with Gasteiger partial charge < -0.3 is 5.73 Å². The number of fused-ring (bicyclic) bond motifs is 2. The summed E-state index contributed by atoms with van der Waals surface area (Å²) in [7, 11) is 0. The number of nitrogens with two attached hydrogens (primary N) is 1. The van der Waals surface area contributed by atoms with E-state index in [9.17, 15) is 0 Å². The van der Waals surface area contributed by atoms with Gasteiger partial charge in [-0.1, -0.05) is 42.5 Å². The Morgan fingerprint density at radius 1 is 1.33 bits per heavy atom.